The number of rotatable bonds is 4. The SMILES string of the molecule is Cc1nc(C2(C)CCCO2)sc1CNC(C)C. The predicted molar refractivity (Wildman–Crippen MR) is 71.4 cm³/mol. The topological polar surface area (TPSA) is 34.1 Å². The van der Waals surface area contributed by atoms with Crippen LogP contribution in [0.2, 0.25) is 0 Å². The minimum Gasteiger partial charge on any atom is -0.368 e. The first-order chi connectivity index (χ1) is 8.01. The maximum absolute atomic E-state index is 5.85. The molecule has 1 aromatic rings. The summed E-state index contributed by atoms with van der Waals surface area (Å²) in [5.41, 5.74) is 1.01. The second-order valence-electron chi connectivity index (χ2n) is 5.25. The minimum absolute atomic E-state index is 0.133. The van der Waals surface area contributed by atoms with Crippen LogP contribution in [0.1, 0.15) is 49.2 Å². The zero-order valence-electron chi connectivity index (χ0n) is 11.2. The maximum atomic E-state index is 5.85. The lowest BCUT2D eigenvalue weighted by Gasteiger charge is -2.19. The summed E-state index contributed by atoms with van der Waals surface area (Å²) in [5, 5.41) is 4.59. The predicted octanol–water partition coefficient (Wildman–Crippen LogP) is 2.98. The molecule has 0 aliphatic carbocycles. The maximum Gasteiger partial charge on any atom is 0.125 e. The molecule has 1 atom stereocenters. The first kappa shape index (κ1) is 13.0. The normalized spacial score (nSPS) is 24.8. The standard InChI is InChI=1S/C13H22N2OS/c1-9(2)14-8-11-10(3)15-12(17-11)13(4)6-5-7-16-13/h9,14H,5-8H2,1-4H3. The lowest BCUT2D eigenvalue weighted by Crippen LogP contribution is -2.21. The van der Waals surface area contributed by atoms with Crippen LogP contribution in [0.25, 0.3) is 0 Å². The number of aryl methyl sites for hydroxylation is 1. The van der Waals surface area contributed by atoms with Crippen LogP contribution in [-0.4, -0.2) is 17.6 Å². The van der Waals surface area contributed by atoms with Gasteiger partial charge in [0.05, 0.1) is 5.69 Å². The number of nitrogens with zero attached hydrogens (tertiary/aromatic N) is 1. The molecule has 3 nitrogen and oxygen atoms in total. The molecule has 17 heavy (non-hydrogen) atoms. The Bertz CT molecular complexity index is 381. The van der Waals surface area contributed by atoms with Crippen molar-refractivity contribution in [2.45, 2.75) is 58.7 Å². The fourth-order valence-electron chi connectivity index (χ4n) is 2.06. The highest BCUT2D eigenvalue weighted by molar-refractivity contribution is 7.11. The van der Waals surface area contributed by atoms with Gasteiger partial charge in [-0.1, -0.05) is 13.8 Å². The highest BCUT2D eigenvalue weighted by Gasteiger charge is 2.35. The van der Waals surface area contributed by atoms with Crippen molar-refractivity contribution in [2.24, 2.45) is 0 Å². The van der Waals surface area contributed by atoms with Crippen LogP contribution in [0.4, 0.5) is 0 Å². The van der Waals surface area contributed by atoms with E-state index in [1.807, 2.05) is 0 Å². The highest BCUT2D eigenvalue weighted by atomic mass is 32.1. The van der Waals surface area contributed by atoms with Crippen molar-refractivity contribution < 1.29 is 4.74 Å². The third-order valence-corrected chi connectivity index (χ3v) is 4.64. The Morgan fingerprint density at radius 3 is 2.88 bits per heavy atom. The van der Waals surface area contributed by atoms with Gasteiger partial charge in [-0.3, -0.25) is 0 Å². The van der Waals surface area contributed by atoms with E-state index in [2.05, 4.69) is 33.0 Å². The number of hydrogen-bond acceptors (Lipinski definition) is 4. The molecule has 96 valence electrons. The van der Waals surface area contributed by atoms with Crippen LogP contribution in [0.3, 0.4) is 0 Å². The van der Waals surface area contributed by atoms with E-state index in [0.717, 1.165) is 36.7 Å². The molecule has 0 bridgehead atoms. The molecule has 4 heteroatoms. The molecule has 1 aromatic heterocycles. The lowest BCUT2D eigenvalue weighted by molar-refractivity contribution is 0.0166. The van der Waals surface area contributed by atoms with Crippen LogP contribution < -0.4 is 5.32 Å². The summed E-state index contributed by atoms with van der Waals surface area (Å²) in [6, 6.07) is 0.512. The Hall–Kier alpha value is -0.450. The molecule has 1 fully saturated rings. The van der Waals surface area contributed by atoms with E-state index in [1.54, 1.807) is 11.3 Å². The quantitative estimate of drug-likeness (QED) is 0.897. The molecule has 2 rings (SSSR count). The fourth-order valence-corrected chi connectivity index (χ4v) is 3.20. The highest BCUT2D eigenvalue weighted by Crippen LogP contribution is 2.38. The summed E-state index contributed by atoms with van der Waals surface area (Å²) < 4.78 is 5.85. The molecule has 1 N–H and O–H groups in total. The number of thiazole rings is 1. The van der Waals surface area contributed by atoms with Gasteiger partial charge in [-0.15, -0.1) is 11.3 Å². The van der Waals surface area contributed by atoms with Crippen molar-refractivity contribution in [1.82, 2.24) is 10.3 Å². The van der Waals surface area contributed by atoms with Gasteiger partial charge in [-0.2, -0.15) is 0 Å². The molecule has 1 aliphatic heterocycles. The van der Waals surface area contributed by atoms with Gasteiger partial charge >= 0.3 is 0 Å². The first-order valence-electron chi connectivity index (χ1n) is 6.35. The van der Waals surface area contributed by atoms with Crippen LogP contribution >= 0.6 is 11.3 Å². The van der Waals surface area contributed by atoms with Gasteiger partial charge in [0.2, 0.25) is 0 Å². The Labute approximate surface area is 108 Å². The van der Waals surface area contributed by atoms with E-state index in [4.69, 9.17) is 9.72 Å². The van der Waals surface area contributed by atoms with Gasteiger partial charge in [0.15, 0.2) is 0 Å². The number of aromatic nitrogens is 1. The fraction of sp³-hybridized carbons (Fsp3) is 0.769. The van der Waals surface area contributed by atoms with Crippen molar-refractivity contribution >= 4 is 11.3 Å². The molecule has 1 unspecified atom stereocenters. The van der Waals surface area contributed by atoms with E-state index < -0.39 is 0 Å². The largest absolute Gasteiger partial charge is 0.368 e. The van der Waals surface area contributed by atoms with Crippen molar-refractivity contribution in [3.63, 3.8) is 0 Å². The molecular formula is C13H22N2OS. The molecule has 0 spiro atoms. The number of ether oxygens (including phenoxy) is 1. The van der Waals surface area contributed by atoms with Gasteiger partial charge in [0.25, 0.3) is 0 Å². The first-order valence-corrected chi connectivity index (χ1v) is 7.17. The Balaban J connectivity index is 2.12. The summed E-state index contributed by atoms with van der Waals surface area (Å²) >= 11 is 1.80. The Morgan fingerprint density at radius 2 is 2.29 bits per heavy atom. The summed E-state index contributed by atoms with van der Waals surface area (Å²) in [4.78, 5) is 6.03. The van der Waals surface area contributed by atoms with Crippen LogP contribution in [0.5, 0.6) is 0 Å². The summed E-state index contributed by atoms with van der Waals surface area (Å²) in [7, 11) is 0. The van der Waals surface area contributed by atoms with E-state index in [0.29, 0.717) is 6.04 Å². The van der Waals surface area contributed by atoms with Crippen molar-refractivity contribution in [3.8, 4) is 0 Å². The van der Waals surface area contributed by atoms with Gasteiger partial charge in [0, 0.05) is 24.1 Å². The van der Waals surface area contributed by atoms with E-state index in [1.165, 1.54) is 4.88 Å². The van der Waals surface area contributed by atoms with Crippen LogP contribution in [0, 0.1) is 6.92 Å². The number of nitrogens with one attached hydrogen (secondary N) is 1. The molecular weight excluding hydrogens is 232 g/mol. The van der Waals surface area contributed by atoms with Gasteiger partial charge in [-0.25, -0.2) is 4.98 Å². The summed E-state index contributed by atoms with van der Waals surface area (Å²) in [6.45, 7) is 10.4. The average molecular weight is 254 g/mol. The summed E-state index contributed by atoms with van der Waals surface area (Å²) in [5.74, 6) is 0. The van der Waals surface area contributed by atoms with Gasteiger partial charge in [0.1, 0.15) is 10.6 Å². The lowest BCUT2D eigenvalue weighted by atomic mass is 10.0. The molecule has 0 amide bonds. The average Bonchev–Trinajstić information content (AvgIpc) is 2.83. The van der Waals surface area contributed by atoms with Crippen LogP contribution in [-0.2, 0) is 16.9 Å². The molecule has 1 aliphatic rings. The van der Waals surface area contributed by atoms with Crippen molar-refractivity contribution in [3.05, 3.63) is 15.6 Å². The molecule has 0 aromatic carbocycles. The zero-order chi connectivity index (χ0) is 12.5. The zero-order valence-corrected chi connectivity index (χ0v) is 12.0. The smallest absolute Gasteiger partial charge is 0.125 e. The van der Waals surface area contributed by atoms with Crippen molar-refractivity contribution in [1.29, 1.82) is 0 Å². The second kappa shape index (κ2) is 5.04. The molecule has 0 saturated carbocycles. The van der Waals surface area contributed by atoms with Crippen LogP contribution in [0.15, 0.2) is 0 Å². The molecule has 2 heterocycles. The van der Waals surface area contributed by atoms with E-state index in [-0.39, 0.29) is 5.60 Å². The minimum atomic E-state index is -0.133. The molecule has 1 saturated heterocycles. The van der Waals surface area contributed by atoms with Gasteiger partial charge in [-0.05, 0) is 26.7 Å². The third-order valence-electron chi connectivity index (χ3n) is 3.23. The Kier molecular flexibility index (Phi) is 3.85. The monoisotopic (exact) mass is 254 g/mol. The molecule has 0 radical (unpaired) electrons. The van der Waals surface area contributed by atoms with E-state index >= 15 is 0 Å². The number of hydrogen-bond donors (Lipinski definition) is 1. The second-order valence-corrected chi connectivity index (χ2v) is 6.33. The van der Waals surface area contributed by atoms with Crippen molar-refractivity contribution in [2.75, 3.05) is 6.61 Å². The Morgan fingerprint density at radius 1 is 1.53 bits per heavy atom. The third kappa shape index (κ3) is 2.87. The van der Waals surface area contributed by atoms with E-state index in [9.17, 15) is 0 Å². The van der Waals surface area contributed by atoms with Gasteiger partial charge < -0.3 is 10.1 Å². The summed E-state index contributed by atoms with van der Waals surface area (Å²) in [6.07, 6.45) is 2.24.